The first kappa shape index (κ1) is 27.5. The summed E-state index contributed by atoms with van der Waals surface area (Å²) in [7, 11) is 0. The van der Waals surface area contributed by atoms with Gasteiger partial charge in [0.1, 0.15) is 12.8 Å². The fourth-order valence-corrected chi connectivity index (χ4v) is 3.69. The lowest BCUT2D eigenvalue weighted by molar-refractivity contribution is -0.114. The second-order valence-electron chi connectivity index (χ2n) is 8.74. The van der Waals surface area contributed by atoms with E-state index in [4.69, 9.17) is 14.2 Å². The van der Waals surface area contributed by atoms with Crippen LogP contribution in [-0.4, -0.2) is 51.4 Å². The average molecular weight is 500 g/mol. The van der Waals surface area contributed by atoms with Gasteiger partial charge in [-0.05, 0) is 12.0 Å². The van der Waals surface area contributed by atoms with Crippen molar-refractivity contribution in [2.45, 2.75) is 71.8 Å². The molecule has 0 fully saturated rings. The van der Waals surface area contributed by atoms with Gasteiger partial charge in [-0.25, -0.2) is 4.98 Å². The molecular formula is C26H37N5O5. The average Bonchev–Trinajstić information content (AvgIpc) is 3.27. The van der Waals surface area contributed by atoms with Crippen LogP contribution < -0.4 is 10.9 Å². The van der Waals surface area contributed by atoms with E-state index in [1.54, 1.807) is 4.57 Å². The third kappa shape index (κ3) is 9.18. The maximum atomic E-state index is 12.3. The van der Waals surface area contributed by atoms with E-state index in [9.17, 15) is 9.59 Å². The first-order valence-electron chi connectivity index (χ1n) is 12.6. The summed E-state index contributed by atoms with van der Waals surface area (Å²) in [5, 5.41) is 2.49. The van der Waals surface area contributed by atoms with Crippen molar-refractivity contribution in [1.82, 2.24) is 19.5 Å². The Morgan fingerprint density at radius 3 is 2.61 bits per heavy atom. The molecule has 10 heteroatoms. The van der Waals surface area contributed by atoms with Gasteiger partial charge >= 0.3 is 0 Å². The number of anilines is 1. The number of aromatic nitrogens is 4. The van der Waals surface area contributed by atoms with Crippen molar-refractivity contribution in [3.05, 3.63) is 52.6 Å². The fourth-order valence-electron chi connectivity index (χ4n) is 3.69. The molecule has 2 N–H and O–H groups in total. The Hall–Kier alpha value is -3.08. The summed E-state index contributed by atoms with van der Waals surface area (Å²) in [6.07, 6.45) is 8.38. The first-order valence-corrected chi connectivity index (χ1v) is 12.6. The molecule has 3 aromatic rings. The molecule has 2 heterocycles. The van der Waals surface area contributed by atoms with Crippen LogP contribution in [-0.2, 0) is 32.3 Å². The molecule has 1 amide bonds. The summed E-state index contributed by atoms with van der Waals surface area (Å²) in [5.41, 5.74) is 1.13. The van der Waals surface area contributed by atoms with Crippen molar-refractivity contribution < 1.29 is 19.0 Å². The number of carbonyl (C=O) groups is 1. The highest BCUT2D eigenvalue weighted by molar-refractivity contribution is 5.87. The standard InChI is InChI=1S/C26H37N5O5/c1-3-4-5-6-7-11-14-34-16-22(17-35-15-21-12-9-8-10-13-21)36-19-31-18-27-23-24(31)29-26(28-20(2)32)30-25(23)33/h8-10,12-13,18,22H,3-7,11,14-17,19H2,1-2H3,(H2,28,29,30,32,33). The highest BCUT2D eigenvalue weighted by atomic mass is 16.6. The third-order valence-corrected chi connectivity index (χ3v) is 5.58. The molecule has 0 bridgehead atoms. The molecule has 196 valence electrons. The maximum Gasteiger partial charge on any atom is 0.280 e. The molecule has 0 aliphatic heterocycles. The molecule has 3 rings (SSSR count). The van der Waals surface area contributed by atoms with E-state index in [1.165, 1.54) is 38.9 Å². The van der Waals surface area contributed by atoms with Gasteiger partial charge in [-0.2, -0.15) is 4.98 Å². The number of aromatic amines is 1. The minimum absolute atomic E-state index is 0.0618. The normalized spacial score (nSPS) is 12.2. The molecule has 2 aromatic heterocycles. The molecule has 0 saturated heterocycles. The van der Waals surface area contributed by atoms with Crippen molar-refractivity contribution in [2.24, 2.45) is 0 Å². The highest BCUT2D eigenvalue weighted by Crippen LogP contribution is 2.11. The number of hydrogen-bond acceptors (Lipinski definition) is 7. The van der Waals surface area contributed by atoms with Gasteiger partial charge in [-0.1, -0.05) is 69.4 Å². The monoisotopic (exact) mass is 499 g/mol. The van der Waals surface area contributed by atoms with Crippen LogP contribution >= 0.6 is 0 Å². The SMILES string of the molecule is CCCCCCCCOCC(COCc1ccccc1)OCn1cnc2c(=O)[nH]c(NC(C)=O)nc21. The number of rotatable bonds is 17. The number of H-pyrrole nitrogens is 1. The molecule has 36 heavy (non-hydrogen) atoms. The lowest BCUT2D eigenvalue weighted by Gasteiger charge is -2.19. The fraction of sp³-hybridized carbons (Fsp3) is 0.538. The van der Waals surface area contributed by atoms with E-state index < -0.39 is 5.56 Å². The van der Waals surface area contributed by atoms with E-state index in [-0.39, 0.29) is 30.2 Å². The number of ether oxygens (including phenoxy) is 3. The second kappa shape index (κ2) is 15.1. The largest absolute Gasteiger partial charge is 0.379 e. The zero-order valence-corrected chi connectivity index (χ0v) is 21.2. The van der Waals surface area contributed by atoms with Crippen molar-refractivity contribution in [3.8, 4) is 0 Å². The van der Waals surface area contributed by atoms with Crippen LogP contribution in [0.25, 0.3) is 11.2 Å². The van der Waals surface area contributed by atoms with Gasteiger partial charge in [0.2, 0.25) is 11.9 Å². The number of fused-ring (bicyclic) bond motifs is 1. The maximum absolute atomic E-state index is 12.3. The van der Waals surface area contributed by atoms with Gasteiger partial charge in [0, 0.05) is 13.5 Å². The summed E-state index contributed by atoms with van der Waals surface area (Å²) in [6.45, 7) is 5.55. The van der Waals surface area contributed by atoms with E-state index >= 15 is 0 Å². The van der Waals surface area contributed by atoms with E-state index in [1.807, 2.05) is 30.3 Å². The van der Waals surface area contributed by atoms with Crippen molar-refractivity contribution in [2.75, 3.05) is 25.1 Å². The number of benzene rings is 1. The first-order chi connectivity index (χ1) is 17.6. The third-order valence-electron chi connectivity index (χ3n) is 5.58. The molecule has 0 aliphatic carbocycles. The number of nitrogens with zero attached hydrogens (tertiary/aromatic N) is 3. The number of amides is 1. The number of unbranched alkanes of at least 4 members (excludes halogenated alkanes) is 5. The van der Waals surface area contributed by atoms with Crippen LogP contribution in [0.3, 0.4) is 0 Å². The molecular weight excluding hydrogens is 462 g/mol. The molecule has 10 nitrogen and oxygen atoms in total. The van der Waals surface area contributed by atoms with Gasteiger partial charge in [-0.15, -0.1) is 0 Å². The van der Waals surface area contributed by atoms with E-state index in [0.29, 0.717) is 32.1 Å². The van der Waals surface area contributed by atoms with Crippen LogP contribution in [0.2, 0.25) is 0 Å². The lowest BCUT2D eigenvalue weighted by Crippen LogP contribution is -2.27. The van der Waals surface area contributed by atoms with Crippen molar-refractivity contribution in [1.29, 1.82) is 0 Å². The molecule has 1 aromatic carbocycles. The Morgan fingerprint density at radius 1 is 1.08 bits per heavy atom. The Kier molecular flexibility index (Phi) is 11.6. The van der Waals surface area contributed by atoms with Gasteiger partial charge in [0.15, 0.2) is 11.2 Å². The van der Waals surface area contributed by atoms with E-state index in [0.717, 1.165) is 18.4 Å². The van der Waals surface area contributed by atoms with Crippen LogP contribution in [0.1, 0.15) is 57.9 Å². The number of carbonyl (C=O) groups excluding carboxylic acids is 1. The highest BCUT2D eigenvalue weighted by Gasteiger charge is 2.15. The predicted molar refractivity (Wildman–Crippen MR) is 138 cm³/mol. The zero-order chi connectivity index (χ0) is 25.6. The summed E-state index contributed by atoms with van der Waals surface area (Å²) < 4.78 is 19.5. The van der Waals surface area contributed by atoms with Gasteiger partial charge < -0.3 is 14.2 Å². The molecule has 1 unspecified atom stereocenters. The van der Waals surface area contributed by atoms with Gasteiger partial charge in [0.25, 0.3) is 5.56 Å². The Balaban J connectivity index is 1.56. The smallest absolute Gasteiger partial charge is 0.280 e. The van der Waals surface area contributed by atoms with E-state index in [2.05, 4.69) is 27.2 Å². The summed E-state index contributed by atoms with van der Waals surface area (Å²) in [4.78, 5) is 34.6. The van der Waals surface area contributed by atoms with Gasteiger partial charge in [-0.3, -0.25) is 24.5 Å². The molecule has 0 aliphatic rings. The second-order valence-corrected chi connectivity index (χ2v) is 8.74. The predicted octanol–water partition coefficient (Wildman–Crippen LogP) is 4.01. The Bertz CT molecular complexity index is 1110. The number of nitrogens with one attached hydrogen (secondary N) is 2. The molecule has 1 atom stereocenters. The van der Waals surface area contributed by atoms with Crippen LogP contribution in [0.4, 0.5) is 5.95 Å². The van der Waals surface area contributed by atoms with Crippen LogP contribution in [0.15, 0.2) is 41.5 Å². The molecule has 0 radical (unpaired) electrons. The lowest BCUT2D eigenvalue weighted by atomic mass is 10.1. The number of hydrogen-bond donors (Lipinski definition) is 2. The summed E-state index contributed by atoms with van der Waals surface area (Å²) >= 11 is 0. The zero-order valence-electron chi connectivity index (χ0n) is 21.2. The Morgan fingerprint density at radius 2 is 1.83 bits per heavy atom. The molecule has 0 saturated carbocycles. The van der Waals surface area contributed by atoms with Crippen LogP contribution in [0.5, 0.6) is 0 Å². The van der Waals surface area contributed by atoms with Crippen molar-refractivity contribution in [3.63, 3.8) is 0 Å². The van der Waals surface area contributed by atoms with Crippen molar-refractivity contribution >= 4 is 23.0 Å². The van der Waals surface area contributed by atoms with Gasteiger partial charge in [0.05, 0.1) is 26.1 Å². The topological polar surface area (TPSA) is 120 Å². The van der Waals surface area contributed by atoms with Crippen LogP contribution in [0, 0.1) is 0 Å². The summed E-state index contributed by atoms with van der Waals surface area (Å²) in [6, 6.07) is 9.95. The number of imidazole rings is 1. The quantitative estimate of drug-likeness (QED) is 0.269. The Labute approximate surface area is 211 Å². The summed E-state index contributed by atoms with van der Waals surface area (Å²) in [5.74, 6) is -0.273. The minimum atomic E-state index is -0.437. The minimum Gasteiger partial charge on any atom is -0.379 e. The molecule has 0 spiro atoms.